The van der Waals surface area contributed by atoms with Crippen molar-refractivity contribution in [3.63, 3.8) is 0 Å². The molecule has 0 spiro atoms. The number of benzene rings is 1. The van der Waals surface area contributed by atoms with Crippen LogP contribution in [0.15, 0.2) is 29.8 Å². The summed E-state index contributed by atoms with van der Waals surface area (Å²) in [6, 6.07) is 5.85. The highest BCUT2D eigenvalue weighted by Gasteiger charge is 2.09. The van der Waals surface area contributed by atoms with Crippen LogP contribution in [0, 0.1) is 0 Å². The van der Waals surface area contributed by atoms with E-state index in [1.165, 1.54) is 5.57 Å². The Morgan fingerprint density at radius 1 is 1.24 bits per heavy atom. The molecule has 0 bridgehead atoms. The summed E-state index contributed by atoms with van der Waals surface area (Å²) in [7, 11) is 0. The highest BCUT2D eigenvalue weighted by molar-refractivity contribution is 6.34. The van der Waals surface area contributed by atoms with E-state index < -0.39 is 0 Å². The molecule has 3 heteroatoms. The maximum Gasteiger partial charge on any atom is 0.0509 e. The molecule has 1 nitrogen and oxygen atoms in total. The topological polar surface area (TPSA) is 12.0 Å². The van der Waals surface area contributed by atoms with Crippen LogP contribution < -0.4 is 5.32 Å². The summed E-state index contributed by atoms with van der Waals surface area (Å²) >= 11 is 12.1. The second kappa shape index (κ2) is 7.05. The van der Waals surface area contributed by atoms with Gasteiger partial charge in [0.15, 0.2) is 0 Å². The molecular weight excluding hydrogens is 253 g/mol. The van der Waals surface area contributed by atoms with Gasteiger partial charge < -0.3 is 5.32 Å². The van der Waals surface area contributed by atoms with Crippen LogP contribution in [0.5, 0.6) is 0 Å². The molecule has 1 atom stereocenters. The van der Waals surface area contributed by atoms with Crippen LogP contribution in [0.4, 0.5) is 0 Å². The van der Waals surface area contributed by atoms with E-state index in [0.717, 1.165) is 18.5 Å². The van der Waals surface area contributed by atoms with Gasteiger partial charge in [-0.15, -0.1) is 0 Å². The predicted molar refractivity (Wildman–Crippen MR) is 76.9 cm³/mol. The molecule has 0 aliphatic heterocycles. The van der Waals surface area contributed by atoms with Crippen molar-refractivity contribution in [2.24, 2.45) is 0 Å². The van der Waals surface area contributed by atoms with Crippen LogP contribution in [0.25, 0.3) is 0 Å². The van der Waals surface area contributed by atoms with Gasteiger partial charge in [0.25, 0.3) is 0 Å². The van der Waals surface area contributed by atoms with Gasteiger partial charge in [0, 0.05) is 10.0 Å². The van der Waals surface area contributed by atoms with E-state index in [-0.39, 0.29) is 6.04 Å². The molecule has 0 saturated carbocycles. The van der Waals surface area contributed by atoms with Crippen molar-refractivity contribution in [3.8, 4) is 0 Å². The van der Waals surface area contributed by atoms with Crippen molar-refractivity contribution in [1.29, 1.82) is 0 Å². The number of hydrogen-bond acceptors (Lipinski definition) is 1. The lowest BCUT2D eigenvalue weighted by atomic mass is 10.0. The number of nitrogens with one attached hydrogen (secondary N) is 1. The minimum absolute atomic E-state index is 0.177. The summed E-state index contributed by atoms with van der Waals surface area (Å²) in [5.41, 5.74) is 2.38. The van der Waals surface area contributed by atoms with Crippen LogP contribution in [-0.2, 0) is 0 Å². The molecule has 0 aliphatic carbocycles. The minimum Gasteiger partial charge on any atom is -0.307 e. The Balaban J connectivity index is 2.99. The lowest BCUT2D eigenvalue weighted by Gasteiger charge is -2.16. The quantitative estimate of drug-likeness (QED) is 0.744. The maximum absolute atomic E-state index is 6.03. The Morgan fingerprint density at radius 2 is 1.82 bits per heavy atom. The van der Waals surface area contributed by atoms with Gasteiger partial charge in [0.2, 0.25) is 0 Å². The fraction of sp³-hybridized carbons (Fsp3) is 0.429. The highest BCUT2D eigenvalue weighted by atomic mass is 35.5. The normalized spacial score (nSPS) is 12.3. The summed E-state index contributed by atoms with van der Waals surface area (Å²) < 4.78 is 0. The zero-order chi connectivity index (χ0) is 12.8. The Bertz CT molecular complexity index is 375. The SMILES string of the molecule is CCCNC(C=C(C)C)c1cc(Cl)cc(Cl)c1. The summed E-state index contributed by atoms with van der Waals surface area (Å²) in [5, 5.41) is 4.84. The smallest absolute Gasteiger partial charge is 0.0509 e. The lowest BCUT2D eigenvalue weighted by Crippen LogP contribution is -2.20. The molecule has 17 heavy (non-hydrogen) atoms. The van der Waals surface area contributed by atoms with Crippen LogP contribution in [0.1, 0.15) is 38.8 Å². The highest BCUT2D eigenvalue weighted by Crippen LogP contribution is 2.25. The molecule has 1 aromatic rings. The standard InChI is InChI=1S/C14H19Cl2N/c1-4-5-17-14(6-10(2)3)11-7-12(15)9-13(16)8-11/h6-9,14,17H,4-5H2,1-3H3. The number of hydrogen-bond donors (Lipinski definition) is 1. The third-order valence-corrected chi connectivity index (χ3v) is 2.79. The molecule has 94 valence electrons. The zero-order valence-corrected chi connectivity index (χ0v) is 12.1. The zero-order valence-electron chi connectivity index (χ0n) is 10.6. The molecule has 0 aromatic heterocycles. The van der Waals surface area contributed by atoms with E-state index >= 15 is 0 Å². The van der Waals surface area contributed by atoms with Crippen molar-refractivity contribution < 1.29 is 0 Å². The van der Waals surface area contributed by atoms with E-state index in [1.807, 2.05) is 12.1 Å². The molecular formula is C14H19Cl2N. The molecule has 0 saturated heterocycles. The molecule has 1 unspecified atom stereocenters. The molecule has 0 fully saturated rings. The second-order valence-corrected chi connectivity index (χ2v) is 5.25. The van der Waals surface area contributed by atoms with Gasteiger partial charge in [-0.05, 0) is 50.6 Å². The first-order valence-electron chi connectivity index (χ1n) is 5.87. The molecule has 0 aliphatic rings. The Kier molecular flexibility index (Phi) is 6.04. The lowest BCUT2D eigenvalue weighted by molar-refractivity contribution is 0.610. The largest absolute Gasteiger partial charge is 0.307 e. The van der Waals surface area contributed by atoms with E-state index in [9.17, 15) is 0 Å². The Labute approximate surface area is 114 Å². The summed E-state index contributed by atoms with van der Waals surface area (Å²) in [6.45, 7) is 7.30. The van der Waals surface area contributed by atoms with E-state index in [2.05, 4.69) is 32.2 Å². The first-order chi connectivity index (χ1) is 8.02. The predicted octanol–water partition coefficient (Wildman–Crippen LogP) is 5.00. The van der Waals surface area contributed by atoms with Crippen LogP contribution >= 0.6 is 23.2 Å². The van der Waals surface area contributed by atoms with Gasteiger partial charge in [0.1, 0.15) is 0 Å². The van der Waals surface area contributed by atoms with Crippen molar-refractivity contribution in [2.75, 3.05) is 6.54 Å². The van der Waals surface area contributed by atoms with E-state index in [4.69, 9.17) is 23.2 Å². The average Bonchev–Trinajstić information content (AvgIpc) is 2.22. The summed E-state index contributed by atoms with van der Waals surface area (Å²) in [5.74, 6) is 0. The van der Waals surface area contributed by atoms with Crippen LogP contribution in [0.2, 0.25) is 10.0 Å². The van der Waals surface area contributed by atoms with E-state index in [0.29, 0.717) is 10.0 Å². The van der Waals surface area contributed by atoms with Crippen LogP contribution in [0.3, 0.4) is 0 Å². The monoisotopic (exact) mass is 271 g/mol. The molecule has 1 N–H and O–H groups in total. The summed E-state index contributed by atoms with van der Waals surface area (Å²) in [4.78, 5) is 0. The Morgan fingerprint density at radius 3 is 2.29 bits per heavy atom. The summed E-state index contributed by atoms with van der Waals surface area (Å²) in [6.07, 6.45) is 3.29. The van der Waals surface area contributed by atoms with Crippen LogP contribution in [-0.4, -0.2) is 6.54 Å². The molecule has 0 radical (unpaired) electrons. The number of rotatable bonds is 5. The number of halogens is 2. The van der Waals surface area contributed by atoms with Crippen molar-refractivity contribution in [1.82, 2.24) is 5.32 Å². The first kappa shape index (κ1) is 14.6. The average molecular weight is 272 g/mol. The molecule has 1 rings (SSSR count). The molecule has 1 aromatic carbocycles. The maximum atomic E-state index is 6.03. The fourth-order valence-electron chi connectivity index (χ4n) is 1.66. The second-order valence-electron chi connectivity index (χ2n) is 4.38. The van der Waals surface area contributed by atoms with Gasteiger partial charge in [-0.1, -0.05) is 41.8 Å². The fourth-order valence-corrected chi connectivity index (χ4v) is 2.20. The van der Waals surface area contributed by atoms with Gasteiger partial charge in [-0.3, -0.25) is 0 Å². The first-order valence-corrected chi connectivity index (χ1v) is 6.63. The van der Waals surface area contributed by atoms with Crippen molar-refractivity contribution in [3.05, 3.63) is 45.5 Å². The molecule has 0 amide bonds. The number of allylic oxidation sites excluding steroid dienone is 1. The van der Waals surface area contributed by atoms with Gasteiger partial charge in [0.05, 0.1) is 6.04 Å². The Hall–Kier alpha value is -0.500. The van der Waals surface area contributed by atoms with Gasteiger partial charge in [-0.25, -0.2) is 0 Å². The van der Waals surface area contributed by atoms with Crippen molar-refractivity contribution in [2.45, 2.75) is 33.2 Å². The van der Waals surface area contributed by atoms with E-state index in [1.54, 1.807) is 6.07 Å². The third kappa shape index (κ3) is 5.12. The van der Waals surface area contributed by atoms with Gasteiger partial charge >= 0.3 is 0 Å². The minimum atomic E-state index is 0.177. The van der Waals surface area contributed by atoms with Gasteiger partial charge in [-0.2, -0.15) is 0 Å². The van der Waals surface area contributed by atoms with Crippen molar-refractivity contribution >= 4 is 23.2 Å². The third-order valence-electron chi connectivity index (χ3n) is 2.36. The molecule has 0 heterocycles.